The maximum atomic E-state index is 12.2. The van der Waals surface area contributed by atoms with Crippen molar-refractivity contribution in [3.63, 3.8) is 0 Å². The molecule has 0 radical (unpaired) electrons. The van der Waals surface area contributed by atoms with Gasteiger partial charge >= 0.3 is 0 Å². The van der Waals surface area contributed by atoms with Gasteiger partial charge in [0.2, 0.25) is 0 Å². The molecule has 0 aliphatic heterocycles. The Morgan fingerprint density at radius 2 is 1.80 bits per heavy atom. The Bertz CT molecular complexity index is 924. The monoisotopic (exact) mass is 352 g/mol. The number of hydrogen-bond acceptors (Lipinski definition) is 5. The lowest BCUT2D eigenvalue weighted by Crippen LogP contribution is -2.14. The van der Waals surface area contributed by atoms with E-state index in [-0.39, 0.29) is 11.5 Å². The summed E-state index contributed by atoms with van der Waals surface area (Å²) in [5, 5.41) is 11.1. The van der Waals surface area contributed by atoms with E-state index in [2.05, 4.69) is 20.5 Å². The molecular formula is C18H16N4O2S. The number of aryl methyl sites for hydroxylation is 1. The van der Waals surface area contributed by atoms with Gasteiger partial charge in [0.05, 0.1) is 0 Å². The van der Waals surface area contributed by atoms with Crippen molar-refractivity contribution in [1.29, 1.82) is 0 Å². The Morgan fingerprint density at radius 1 is 1.08 bits per heavy atom. The highest BCUT2D eigenvalue weighted by Gasteiger charge is 2.07. The Morgan fingerprint density at radius 3 is 2.48 bits per heavy atom. The van der Waals surface area contributed by atoms with Crippen molar-refractivity contribution in [1.82, 2.24) is 15.2 Å². The molecule has 0 aliphatic carbocycles. The van der Waals surface area contributed by atoms with E-state index in [4.69, 9.17) is 0 Å². The van der Waals surface area contributed by atoms with Gasteiger partial charge in [0.1, 0.15) is 5.69 Å². The molecule has 0 saturated heterocycles. The second-order valence-corrected chi connectivity index (χ2v) is 6.31. The van der Waals surface area contributed by atoms with Crippen molar-refractivity contribution in [2.45, 2.75) is 17.8 Å². The fourth-order valence-electron chi connectivity index (χ4n) is 2.07. The van der Waals surface area contributed by atoms with E-state index in [9.17, 15) is 9.59 Å². The molecule has 3 rings (SSSR count). The number of amides is 1. The molecule has 0 spiro atoms. The average Bonchev–Trinajstić information content (AvgIpc) is 2.64. The molecular weight excluding hydrogens is 336 g/mol. The molecule has 0 fully saturated rings. The van der Waals surface area contributed by atoms with Gasteiger partial charge in [0.25, 0.3) is 11.5 Å². The van der Waals surface area contributed by atoms with Crippen LogP contribution in [0.3, 0.4) is 0 Å². The first kappa shape index (κ1) is 16.9. The van der Waals surface area contributed by atoms with E-state index < -0.39 is 0 Å². The van der Waals surface area contributed by atoms with Crippen molar-refractivity contribution < 1.29 is 4.79 Å². The first-order chi connectivity index (χ1) is 12.1. The van der Waals surface area contributed by atoms with Crippen molar-refractivity contribution >= 4 is 23.4 Å². The fraction of sp³-hybridized carbons (Fsp3) is 0.111. The van der Waals surface area contributed by atoms with E-state index in [1.165, 1.54) is 11.8 Å². The summed E-state index contributed by atoms with van der Waals surface area (Å²) >= 11 is 1.38. The Kier molecular flexibility index (Phi) is 5.25. The van der Waals surface area contributed by atoms with Crippen LogP contribution < -0.4 is 10.9 Å². The van der Waals surface area contributed by atoms with Gasteiger partial charge in [-0.25, -0.2) is 0 Å². The van der Waals surface area contributed by atoms with Crippen LogP contribution in [-0.4, -0.2) is 21.1 Å². The van der Waals surface area contributed by atoms with Crippen LogP contribution in [0.15, 0.2) is 64.5 Å². The van der Waals surface area contributed by atoms with Gasteiger partial charge in [-0.05, 0) is 36.8 Å². The van der Waals surface area contributed by atoms with Gasteiger partial charge in [0, 0.05) is 17.0 Å². The number of thioether (sulfide) groups is 1. The number of rotatable bonds is 5. The number of nitrogens with one attached hydrogen (secondary N) is 2. The standard InChI is InChI=1S/C18H16N4O2S/c1-12-16(23)20-18(22-21-12)25-11-13-7-9-14(10-8-13)17(24)19-15-5-3-2-4-6-15/h2-10H,11H2,1H3,(H,19,24)(H,20,22,23). The van der Waals surface area contributed by atoms with Crippen LogP contribution in [0.2, 0.25) is 0 Å². The lowest BCUT2D eigenvalue weighted by atomic mass is 10.1. The van der Waals surface area contributed by atoms with Crippen molar-refractivity contribution in [2.24, 2.45) is 0 Å². The van der Waals surface area contributed by atoms with Gasteiger partial charge in [-0.15, -0.1) is 10.2 Å². The van der Waals surface area contributed by atoms with Gasteiger partial charge in [-0.2, -0.15) is 0 Å². The minimum atomic E-state index is -0.231. The van der Waals surface area contributed by atoms with E-state index in [1.807, 2.05) is 42.5 Å². The topological polar surface area (TPSA) is 87.7 Å². The van der Waals surface area contributed by atoms with Crippen LogP contribution in [0.4, 0.5) is 5.69 Å². The van der Waals surface area contributed by atoms with E-state index >= 15 is 0 Å². The average molecular weight is 352 g/mol. The summed E-state index contributed by atoms with van der Waals surface area (Å²) in [6.07, 6.45) is 0. The Labute approximate surface area is 148 Å². The molecule has 25 heavy (non-hydrogen) atoms. The number of hydrogen-bond donors (Lipinski definition) is 2. The predicted octanol–water partition coefficient (Wildman–Crippen LogP) is 3.02. The van der Waals surface area contributed by atoms with Crippen LogP contribution in [0.25, 0.3) is 0 Å². The number of nitrogens with zero attached hydrogens (tertiary/aromatic N) is 2. The van der Waals surface area contributed by atoms with Gasteiger partial charge in [-0.1, -0.05) is 42.1 Å². The van der Waals surface area contributed by atoms with Crippen LogP contribution in [0, 0.1) is 6.92 Å². The molecule has 0 atom stereocenters. The molecule has 2 aromatic carbocycles. The van der Waals surface area contributed by atoms with Crippen LogP contribution in [-0.2, 0) is 5.75 Å². The number of carbonyl (C=O) groups is 1. The summed E-state index contributed by atoms with van der Waals surface area (Å²) < 4.78 is 0. The number of anilines is 1. The summed E-state index contributed by atoms with van der Waals surface area (Å²) in [5.74, 6) is 0.466. The second-order valence-electron chi connectivity index (χ2n) is 5.35. The van der Waals surface area contributed by atoms with E-state index in [1.54, 1.807) is 19.1 Å². The number of aromatic amines is 1. The summed E-state index contributed by atoms with van der Waals surface area (Å²) in [6.45, 7) is 1.61. The minimum Gasteiger partial charge on any atom is -0.322 e. The highest BCUT2D eigenvalue weighted by Crippen LogP contribution is 2.18. The normalized spacial score (nSPS) is 10.4. The highest BCUT2D eigenvalue weighted by atomic mass is 32.2. The zero-order valence-electron chi connectivity index (χ0n) is 13.5. The summed E-state index contributed by atoms with van der Waals surface area (Å²) in [5.41, 5.74) is 2.48. The van der Waals surface area contributed by atoms with Crippen molar-refractivity contribution in [3.05, 3.63) is 81.8 Å². The first-order valence-electron chi connectivity index (χ1n) is 7.63. The number of para-hydroxylation sites is 1. The molecule has 0 saturated carbocycles. The molecule has 6 nitrogen and oxygen atoms in total. The quantitative estimate of drug-likeness (QED) is 0.689. The van der Waals surface area contributed by atoms with E-state index in [0.29, 0.717) is 22.2 Å². The number of benzene rings is 2. The second kappa shape index (κ2) is 7.76. The summed E-state index contributed by atoms with van der Waals surface area (Å²) in [4.78, 5) is 26.4. The first-order valence-corrected chi connectivity index (χ1v) is 8.62. The molecule has 1 amide bonds. The highest BCUT2D eigenvalue weighted by molar-refractivity contribution is 7.98. The molecule has 0 aliphatic rings. The largest absolute Gasteiger partial charge is 0.322 e. The van der Waals surface area contributed by atoms with Gasteiger partial charge in [-0.3, -0.25) is 14.6 Å². The third-order valence-corrected chi connectivity index (χ3v) is 4.40. The molecule has 126 valence electrons. The molecule has 0 unspecified atom stereocenters. The van der Waals surface area contributed by atoms with Crippen molar-refractivity contribution in [2.75, 3.05) is 5.32 Å². The molecule has 0 bridgehead atoms. The molecule has 1 heterocycles. The minimum absolute atomic E-state index is 0.154. The Balaban J connectivity index is 1.61. The van der Waals surface area contributed by atoms with Gasteiger partial charge < -0.3 is 5.32 Å². The van der Waals surface area contributed by atoms with Gasteiger partial charge in [0.15, 0.2) is 5.16 Å². The summed E-state index contributed by atoms with van der Waals surface area (Å²) in [6, 6.07) is 16.6. The van der Waals surface area contributed by atoms with Crippen molar-refractivity contribution in [3.8, 4) is 0 Å². The number of aromatic nitrogens is 3. The molecule has 2 N–H and O–H groups in total. The van der Waals surface area contributed by atoms with Crippen LogP contribution in [0.1, 0.15) is 21.6 Å². The number of H-pyrrole nitrogens is 1. The maximum absolute atomic E-state index is 12.2. The smallest absolute Gasteiger partial charge is 0.273 e. The summed E-state index contributed by atoms with van der Waals surface area (Å²) in [7, 11) is 0. The molecule has 1 aromatic heterocycles. The predicted molar refractivity (Wildman–Crippen MR) is 97.8 cm³/mol. The lowest BCUT2D eigenvalue weighted by Gasteiger charge is -2.06. The van der Waals surface area contributed by atoms with Crippen LogP contribution >= 0.6 is 11.8 Å². The van der Waals surface area contributed by atoms with Crippen LogP contribution in [0.5, 0.6) is 0 Å². The number of carbonyl (C=O) groups excluding carboxylic acids is 1. The lowest BCUT2D eigenvalue weighted by molar-refractivity contribution is 0.102. The van der Waals surface area contributed by atoms with E-state index in [0.717, 1.165) is 11.3 Å². The fourth-order valence-corrected chi connectivity index (χ4v) is 2.83. The third-order valence-electron chi connectivity index (χ3n) is 3.46. The third kappa shape index (κ3) is 4.54. The zero-order valence-corrected chi connectivity index (χ0v) is 14.3. The maximum Gasteiger partial charge on any atom is 0.273 e. The molecule has 7 heteroatoms. The Hall–Kier alpha value is -2.93. The SMILES string of the molecule is Cc1nnc(SCc2ccc(C(=O)Nc3ccccc3)cc2)[nH]c1=O. The zero-order chi connectivity index (χ0) is 17.6. The molecule has 3 aromatic rings.